The number of nitrogens with zero attached hydrogens (tertiary/aromatic N) is 3. The van der Waals surface area contributed by atoms with Gasteiger partial charge >= 0.3 is 7.75 Å². The average molecular weight is 745 g/mol. The first-order chi connectivity index (χ1) is 26.0. The van der Waals surface area contributed by atoms with Crippen LogP contribution in [0.5, 0.6) is 5.75 Å². The van der Waals surface area contributed by atoms with Gasteiger partial charge in [-0.25, -0.2) is 19.6 Å². The second-order valence-electron chi connectivity index (χ2n) is 12.3. The van der Waals surface area contributed by atoms with E-state index in [0.29, 0.717) is 37.1 Å². The zero-order chi connectivity index (χ0) is 37.4. The standard InChI is InChI=1S/C40H53N6O6P/c1-2-3-4-5-6-7-8-9-10-11-12-13-14-15-16-17-18-19-23-26-36(47)41-29-30-45-53(49,52-34-24-21-20-22-25-34)50-31-35-27-28-37(51-35)46-33-44-38-39(46)42-32-43-40(38)48/h3-4,6-7,9-10,12-13,15-16,18-22,24-25,32-33,35,37H,2,5,8,11,14,17,23,26-31H2,1H3,(H,41,47)(H,45,49)(H,42,43,48). The number of H-pyrrole nitrogens is 1. The van der Waals surface area contributed by atoms with Gasteiger partial charge in [-0.1, -0.05) is 98.0 Å². The van der Waals surface area contributed by atoms with Crippen LogP contribution in [0.1, 0.15) is 77.4 Å². The Morgan fingerprint density at radius 1 is 0.906 bits per heavy atom. The molecule has 1 amide bonds. The van der Waals surface area contributed by atoms with E-state index in [1.54, 1.807) is 28.8 Å². The highest BCUT2D eigenvalue weighted by Crippen LogP contribution is 2.45. The number of imidazole rings is 1. The second kappa shape index (κ2) is 23.9. The predicted octanol–water partition coefficient (Wildman–Crippen LogP) is 8.18. The maximum atomic E-state index is 13.8. The lowest BCUT2D eigenvalue weighted by atomic mass is 10.2. The van der Waals surface area contributed by atoms with E-state index in [0.717, 1.165) is 38.5 Å². The first kappa shape index (κ1) is 41.2. The molecule has 4 rings (SSSR count). The molecule has 1 saturated heterocycles. The molecular weight excluding hydrogens is 691 g/mol. The van der Waals surface area contributed by atoms with Crippen molar-refractivity contribution in [2.75, 3.05) is 19.7 Å². The predicted molar refractivity (Wildman–Crippen MR) is 210 cm³/mol. The fourth-order valence-corrected chi connectivity index (χ4v) is 6.69. The Morgan fingerprint density at radius 3 is 2.21 bits per heavy atom. The van der Waals surface area contributed by atoms with Gasteiger partial charge in [-0.3, -0.25) is 18.7 Å². The molecule has 3 N–H and O–H groups in total. The minimum absolute atomic E-state index is 0.00652. The van der Waals surface area contributed by atoms with Crippen molar-refractivity contribution in [3.63, 3.8) is 0 Å². The largest absolute Gasteiger partial charge is 0.458 e. The maximum absolute atomic E-state index is 13.8. The van der Waals surface area contributed by atoms with Gasteiger partial charge in [-0.2, -0.15) is 0 Å². The van der Waals surface area contributed by atoms with E-state index in [2.05, 4.69) is 99.1 Å². The van der Waals surface area contributed by atoms with Crippen molar-refractivity contribution in [3.8, 4) is 5.75 Å². The van der Waals surface area contributed by atoms with Crippen molar-refractivity contribution < 1.29 is 23.1 Å². The normalized spacial score (nSPS) is 17.8. The number of nitrogens with one attached hydrogen (secondary N) is 3. The lowest BCUT2D eigenvalue weighted by molar-refractivity contribution is -0.120. The third-order valence-corrected chi connectivity index (χ3v) is 9.60. The van der Waals surface area contributed by atoms with Gasteiger partial charge in [0.2, 0.25) is 5.91 Å². The lowest BCUT2D eigenvalue weighted by Gasteiger charge is -2.22. The fourth-order valence-electron chi connectivity index (χ4n) is 5.33. The van der Waals surface area contributed by atoms with Crippen molar-refractivity contribution in [2.24, 2.45) is 0 Å². The summed E-state index contributed by atoms with van der Waals surface area (Å²) < 4.78 is 33.2. The van der Waals surface area contributed by atoms with Gasteiger partial charge in [0.25, 0.3) is 5.56 Å². The van der Waals surface area contributed by atoms with Crippen LogP contribution >= 0.6 is 7.75 Å². The number of benzene rings is 1. The molecule has 2 aromatic heterocycles. The highest BCUT2D eigenvalue weighted by molar-refractivity contribution is 7.52. The van der Waals surface area contributed by atoms with Gasteiger partial charge in [0, 0.05) is 19.5 Å². The maximum Gasteiger partial charge on any atom is 0.458 e. The number of para-hydroxylation sites is 1. The summed E-state index contributed by atoms with van der Waals surface area (Å²) in [6, 6.07) is 8.76. The van der Waals surface area contributed by atoms with E-state index in [9.17, 15) is 14.2 Å². The molecule has 1 aliphatic rings. The minimum Gasteiger partial charge on any atom is -0.413 e. The summed E-state index contributed by atoms with van der Waals surface area (Å²) in [6.45, 7) is 2.57. The molecule has 0 radical (unpaired) electrons. The number of allylic oxidation sites excluding steroid dienone is 12. The molecule has 284 valence electrons. The van der Waals surface area contributed by atoms with Gasteiger partial charge in [0.05, 0.1) is 25.4 Å². The number of fused-ring (bicyclic) bond motifs is 1. The molecule has 1 aromatic carbocycles. The summed E-state index contributed by atoms with van der Waals surface area (Å²) in [6.07, 6.45) is 35.9. The number of ether oxygens (including phenoxy) is 1. The zero-order valence-corrected chi connectivity index (χ0v) is 31.4. The SMILES string of the molecule is CCC=CCC=CCC=CCC=CCC=CCC=CCCC(=O)NCCNP(=O)(OCC1CCC(n2cnc3c(=O)[nH]cnc32)O1)Oc1ccccc1. The smallest absolute Gasteiger partial charge is 0.413 e. The third-order valence-electron chi connectivity index (χ3n) is 8.05. The van der Waals surface area contributed by atoms with Crippen molar-refractivity contribution in [1.29, 1.82) is 0 Å². The average Bonchev–Trinajstić information content (AvgIpc) is 3.82. The van der Waals surface area contributed by atoms with Crippen LogP contribution < -0.4 is 20.5 Å². The summed E-state index contributed by atoms with van der Waals surface area (Å²) in [5.41, 5.74) is 0.346. The zero-order valence-electron chi connectivity index (χ0n) is 30.6. The Balaban J connectivity index is 1.09. The van der Waals surface area contributed by atoms with E-state index >= 15 is 0 Å². The van der Waals surface area contributed by atoms with Crippen LogP contribution in [0.25, 0.3) is 11.2 Å². The Morgan fingerprint density at radius 2 is 1.55 bits per heavy atom. The summed E-state index contributed by atoms with van der Waals surface area (Å²) >= 11 is 0. The Hall–Kier alpha value is -4.61. The molecule has 1 aliphatic heterocycles. The third kappa shape index (κ3) is 15.5. The molecule has 3 unspecified atom stereocenters. The first-order valence-electron chi connectivity index (χ1n) is 18.4. The number of hydrogen-bond donors (Lipinski definition) is 3. The number of aromatic nitrogens is 4. The van der Waals surface area contributed by atoms with Crippen molar-refractivity contribution in [3.05, 3.63) is 126 Å². The molecule has 0 saturated carbocycles. The molecule has 3 atom stereocenters. The lowest BCUT2D eigenvalue weighted by Crippen LogP contribution is -2.32. The number of rotatable bonds is 24. The molecule has 13 heteroatoms. The summed E-state index contributed by atoms with van der Waals surface area (Å²) in [7, 11) is -3.82. The molecule has 0 spiro atoms. The molecular formula is C40H53N6O6P. The molecule has 0 bridgehead atoms. The molecule has 53 heavy (non-hydrogen) atoms. The van der Waals surface area contributed by atoms with Gasteiger partial charge in [-0.05, 0) is 69.9 Å². The number of amides is 1. The van der Waals surface area contributed by atoms with Crippen molar-refractivity contribution >= 4 is 24.8 Å². The summed E-state index contributed by atoms with van der Waals surface area (Å²) in [5, 5.41) is 5.72. The van der Waals surface area contributed by atoms with E-state index in [1.165, 1.54) is 12.7 Å². The molecule has 12 nitrogen and oxygen atoms in total. The van der Waals surface area contributed by atoms with Gasteiger partial charge in [0.1, 0.15) is 12.0 Å². The van der Waals surface area contributed by atoms with Crippen LogP contribution in [0.15, 0.2) is 121 Å². The van der Waals surface area contributed by atoms with Crippen LogP contribution in [0.4, 0.5) is 0 Å². The Labute approximate surface area is 312 Å². The van der Waals surface area contributed by atoms with Crippen molar-refractivity contribution in [2.45, 2.75) is 83.5 Å². The number of carbonyl (C=O) groups is 1. The monoisotopic (exact) mass is 744 g/mol. The summed E-state index contributed by atoms with van der Waals surface area (Å²) in [5.74, 6) is 0.287. The van der Waals surface area contributed by atoms with Crippen LogP contribution in [0.2, 0.25) is 0 Å². The van der Waals surface area contributed by atoms with Gasteiger partial charge in [-0.15, -0.1) is 0 Å². The van der Waals surface area contributed by atoms with Gasteiger partial charge < -0.3 is 19.6 Å². The quantitative estimate of drug-likeness (QED) is 0.0469. The Bertz CT molecular complexity index is 1810. The van der Waals surface area contributed by atoms with Crippen LogP contribution in [-0.4, -0.2) is 51.2 Å². The summed E-state index contributed by atoms with van der Waals surface area (Å²) in [4.78, 5) is 35.3. The van der Waals surface area contributed by atoms with Crippen LogP contribution in [-0.2, 0) is 18.6 Å². The van der Waals surface area contributed by atoms with E-state index in [4.69, 9.17) is 13.8 Å². The number of carbonyl (C=O) groups excluding carboxylic acids is 1. The van der Waals surface area contributed by atoms with E-state index < -0.39 is 14.0 Å². The van der Waals surface area contributed by atoms with E-state index in [-0.39, 0.29) is 42.8 Å². The second-order valence-corrected chi connectivity index (χ2v) is 14.0. The Kier molecular flexibility index (Phi) is 18.5. The van der Waals surface area contributed by atoms with Crippen LogP contribution in [0.3, 0.4) is 0 Å². The van der Waals surface area contributed by atoms with Gasteiger partial charge in [0.15, 0.2) is 11.2 Å². The topological polar surface area (TPSA) is 149 Å². The van der Waals surface area contributed by atoms with Crippen molar-refractivity contribution in [1.82, 2.24) is 29.9 Å². The molecule has 3 heterocycles. The molecule has 1 fully saturated rings. The fraction of sp³-hybridized carbons (Fsp3) is 0.400. The molecule has 0 aliphatic carbocycles. The highest BCUT2D eigenvalue weighted by Gasteiger charge is 2.33. The number of aromatic amines is 1. The van der Waals surface area contributed by atoms with Crippen LogP contribution in [0, 0.1) is 0 Å². The highest BCUT2D eigenvalue weighted by atomic mass is 31.2. The first-order valence-corrected chi connectivity index (χ1v) is 20.0. The number of hydrogen-bond acceptors (Lipinski definition) is 8. The minimum atomic E-state index is -3.82. The van der Waals surface area contributed by atoms with E-state index in [1.807, 2.05) is 12.1 Å². The molecule has 3 aromatic rings.